The van der Waals surface area contributed by atoms with Crippen LogP contribution in [0, 0.1) is 10.1 Å². The lowest BCUT2D eigenvalue weighted by Gasteiger charge is -2.01. The van der Waals surface area contributed by atoms with E-state index in [2.05, 4.69) is 11.9 Å². The highest BCUT2D eigenvalue weighted by atomic mass is 16.6. The summed E-state index contributed by atoms with van der Waals surface area (Å²) in [7, 11) is 0. The maximum Gasteiger partial charge on any atom is 0.274 e. The normalized spacial score (nSPS) is 12.2. The molecular formula is C10H14N2O3. The summed E-state index contributed by atoms with van der Waals surface area (Å²) in [6.45, 7) is 8.13. The van der Waals surface area contributed by atoms with Crippen LogP contribution in [0.4, 0.5) is 0 Å². The number of amides is 1. The second-order valence-corrected chi connectivity index (χ2v) is 2.96. The third-order valence-corrected chi connectivity index (χ3v) is 1.68. The zero-order valence-corrected chi connectivity index (χ0v) is 9.03. The van der Waals surface area contributed by atoms with E-state index in [0.717, 1.165) is 0 Å². The van der Waals surface area contributed by atoms with Crippen LogP contribution in [-0.2, 0) is 4.79 Å². The summed E-state index contributed by atoms with van der Waals surface area (Å²) < 4.78 is 0. The maximum atomic E-state index is 10.7. The Labute approximate surface area is 88.3 Å². The number of nitrogens with zero attached hydrogens (tertiary/aromatic N) is 1. The number of carbonyl (C=O) groups excluding carboxylic acids is 1. The van der Waals surface area contributed by atoms with Crippen LogP contribution in [0.15, 0.2) is 35.7 Å². The van der Waals surface area contributed by atoms with Crippen molar-refractivity contribution in [2.45, 2.75) is 20.8 Å². The molecule has 0 aromatic heterocycles. The van der Waals surface area contributed by atoms with Crippen LogP contribution in [-0.4, -0.2) is 10.8 Å². The topological polar surface area (TPSA) is 72.2 Å². The van der Waals surface area contributed by atoms with Crippen molar-refractivity contribution in [1.82, 2.24) is 5.32 Å². The molecule has 0 radical (unpaired) electrons. The first-order valence-electron chi connectivity index (χ1n) is 4.34. The van der Waals surface area contributed by atoms with Gasteiger partial charge in [0.25, 0.3) is 5.70 Å². The van der Waals surface area contributed by atoms with Crippen molar-refractivity contribution in [3.05, 3.63) is 45.8 Å². The van der Waals surface area contributed by atoms with Crippen LogP contribution in [0.25, 0.3) is 0 Å². The minimum atomic E-state index is -0.512. The Morgan fingerprint density at radius 2 is 2.00 bits per heavy atom. The summed E-state index contributed by atoms with van der Waals surface area (Å²) in [5.41, 5.74) is 0.651. The number of nitro groups is 1. The van der Waals surface area contributed by atoms with Gasteiger partial charge in [0, 0.05) is 24.3 Å². The lowest BCUT2D eigenvalue weighted by atomic mass is 10.2. The van der Waals surface area contributed by atoms with Gasteiger partial charge in [0.05, 0.1) is 4.92 Å². The van der Waals surface area contributed by atoms with Crippen molar-refractivity contribution in [3.8, 4) is 0 Å². The molecule has 15 heavy (non-hydrogen) atoms. The summed E-state index contributed by atoms with van der Waals surface area (Å²) in [5, 5.41) is 13.0. The highest BCUT2D eigenvalue weighted by molar-refractivity contribution is 5.75. The van der Waals surface area contributed by atoms with Crippen LogP contribution >= 0.6 is 0 Å². The summed E-state index contributed by atoms with van der Waals surface area (Å²) >= 11 is 0. The van der Waals surface area contributed by atoms with E-state index in [4.69, 9.17) is 0 Å². The molecule has 1 amide bonds. The average molecular weight is 210 g/mol. The molecule has 0 saturated heterocycles. The first kappa shape index (κ1) is 13.1. The molecule has 5 nitrogen and oxygen atoms in total. The Morgan fingerprint density at radius 1 is 1.47 bits per heavy atom. The molecule has 0 unspecified atom stereocenters. The predicted octanol–water partition coefficient (Wildman–Crippen LogP) is 1.76. The molecule has 0 rings (SSSR count). The Kier molecular flexibility index (Phi) is 5.01. The highest BCUT2D eigenvalue weighted by Gasteiger charge is 2.12. The number of nitrogens with one attached hydrogen (secondary N) is 1. The van der Waals surface area contributed by atoms with E-state index >= 15 is 0 Å². The van der Waals surface area contributed by atoms with E-state index in [1.807, 2.05) is 0 Å². The molecule has 0 fully saturated rings. The van der Waals surface area contributed by atoms with E-state index in [0.29, 0.717) is 5.57 Å². The third kappa shape index (κ3) is 4.75. The fraction of sp³-hybridized carbons (Fsp3) is 0.300. The fourth-order valence-corrected chi connectivity index (χ4v) is 0.886. The molecule has 0 aromatic rings. The zero-order chi connectivity index (χ0) is 12.0. The maximum absolute atomic E-state index is 10.7. The molecule has 0 bridgehead atoms. The van der Waals surface area contributed by atoms with Crippen molar-refractivity contribution >= 4 is 5.91 Å². The molecule has 0 aliphatic carbocycles. The number of hydrogen-bond acceptors (Lipinski definition) is 3. The summed E-state index contributed by atoms with van der Waals surface area (Å²) in [6, 6.07) is 0. The molecule has 5 heteroatoms. The molecule has 0 aromatic carbocycles. The molecule has 0 aliphatic heterocycles. The van der Waals surface area contributed by atoms with E-state index in [9.17, 15) is 14.9 Å². The van der Waals surface area contributed by atoms with Crippen molar-refractivity contribution in [1.29, 1.82) is 0 Å². The molecule has 82 valence electrons. The largest absolute Gasteiger partial charge is 0.327 e. The van der Waals surface area contributed by atoms with Gasteiger partial charge in [-0.1, -0.05) is 12.7 Å². The molecule has 0 saturated carbocycles. The molecule has 1 N–H and O–H groups in total. The second kappa shape index (κ2) is 5.74. The van der Waals surface area contributed by atoms with Gasteiger partial charge in [-0.05, 0) is 13.8 Å². The number of hydrogen-bond donors (Lipinski definition) is 1. The minimum Gasteiger partial charge on any atom is -0.327 e. The Morgan fingerprint density at radius 3 is 2.33 bits per heavy atom. The molecule has 0 heterocycles. The lowest BCUT2D eigenvalue weighted by molar-refractivity contribution is -0.420. The van der Waals surface area contributed by atoms with Gasteiger partial charge in [-0.15, -0.1) is 0 Å². The molecular weight excluding hydrogens is 196 g/mol. The molecule has 0 aliphatic rings. The van der Waals surface area contributed by atoms with Gasteiger partial charge in [0.2, 0.25) is 5.91 Å². The quantitative estimate of drug-likeness (QED) is 0.436. The number of carbonyl (C=O) groups is 1. The van der Waals surface area contributed by atoms with Crippen LogP contribution in [0.1, 0.15) is 20.8 Å². The highest BCUT2D eigenvalue weighted by Crippen LogP contribution is 2.11. The van der Waals surface area contributed by atoms with Crippen LogP contribution in [0.5, 0.6) is 0 Å². The Balaban J connectivity index is 4.93. The van der Waals surface area contributed by atoms with Crippen molar-refractivity contribution < 1.29 is 9.72 Å². The molecule has 0 atom stereocenters. The van der Waals surface area contributed by atoms with E-state index in [1.54, 1.807) is 19.9 Å². The Hall–Kier alpha value is -1.91. The standard InChI is InChI=1S/C10H14N2O3/c1-5-7(2)10(12(14)15)6-8(3)11-9(4)13/h5-6H,3H2,1-2,4H3,(H,11,13)/b7-5-,10-6+. The summed E-state index contributed by atoms with van der Waals surface area (Å²) in [4.78, 5) is 20.8. The second-order valence-electron chi connectivity index (χ2n) is 2.96. The summed E-state index contributed by atoms with van der Waals surface area (Å²) in [5.74, 6) is -0.308. The number of allylic oxidation sites excluding steroid dienone is 3. The van der Waals surface area contributed by atoms with E-state index in [-0.39, 0.29) is 17.3 Å². The van der Waals surface area contributed by atoms with E-state index < -0.39 is 4.92 Å². The fourth-order valence-electron chi connectivity index (χ4n) is 0.886. The molecule has 0 spiro atoms. The SMILES string of the molecule is C=C(/C=C(\C(C)=C/C)[N+](=O)[O-])NC(C)=O. The predicted molar refractivity (Wildman–Crippen MR) is 57.5 cm³/mol. The monoisotopic (exact) mass is 210 g/mol. The van der Waals surface area contributed by atoms with Crippen molar-refractivity contribution in [2.75, 3.05) is 0 Å². The van der Waals surface area contributed by atoms with Gasteiger partial charge in [-0.2, -0.15) is 0 Å². The van der Waals surface area contributed by atoms with Gasteiger partial charge in [0.15, 0.2) is 0 Å². The van der Waals surface area contributed by atoms with Gasteiger partial charge in [-0.3, -0.25) is 14.9 Å². The van der Waals surface area contributed by atoms with Crippen LogP contribution < -0.4 is 5.32 Å². The van der Waals surface area contributed by atoms with Gasteiger partial charge >= 0.3 is 0 Å². The van der Waals surface area contributed by atoms with Crippen molar-refractivity contribution in [3.63, 3.8) is 0 Å². The lowest BCUT2D eigenvalue weighted by Crippen LogP contribution is -2.18. The first-order valence-corrected chi connectivity index (χ1v) is 4.34. The first-order chi connectivity index (χ1) is 6.88. The van der Waals surface area contributed by atoms with Crippen LogP contribution in [0.2, 0.25) is 0 Å². The van der Waals surface area contributed by atoms with Gasteiger partial charge < -0.3 is 5.32 Å². The number of rotatable bonds is 4. The Bertz CT molecular complexity index is 354. The zero-order valence-electron chi connectivity index (χ0n) is 9.03. The third-order valence-electron chi connectivity index (χ3n) is 1.68. The van der Waals surface area contributed by atoms with Gasteiger partial charge in [-0.25, -0.2) is 0 Å². The smallest absolute Gasteiger partial charge is 0.274 e. The minimum absolute atomic E-state index is 0.0729. The van der Waals surface area contributed by atoms with E-state index in [1.165, 1.54) is 13.0 Å². The van der Waals surface area contributed by atoms with Crippen LogP contribution in [0.3, 0.4) is 0 Å². The van der Waals surface area contributed by atoms with Crippen molar-refractivity contribution in [2.24, 2.45) is 0 Å². The van der Waals surface area contributed by atoms with Gasteiger partial charge in [0.1, 0.15) is 0 Å². The summed E-state index contributed by atoms with van der Waals surface area (Å²) in [6.07, 6.45) is 2.85. The average Bonchev–Trinajstić information content (AvgIpc) is 2.11.